The summed E-state index contributed by atoms with van der Waals surface area (Å²) in [7, 11) is 1.95. The molecule has 0 radical (unpaired) electrons. The Kier molecular flexibility index (Phi) is 3.07. The SMILES string of the molecule is Cn1ccnc1CCC(=O)c1ccc2c(c1)CCN2. The summed E-state index contributed by atoms with van der Waals surface area (Å²) in [6.07, 6.45) is 5.88. The highest BCUT2D eigenvalue weighted by atomic mass is 16.1. The van der Waals surface area contributed by atoms with Gasteiger partial charge >= 0.3 is 0 Å². The van der Waals surface area contributed by atoms with Crippen LogP contribution in [0.5, 0.6) is 0 Å². The Bertz CT molecular complexity index is 616. The van der Waals surface area contributed by atoms with E-state index in [0.29, 0.717) is 12.8 Å². The highest BCUT2D eigenvalue weighted by Crippen LogP contribution is 2.23. The summed E-state index contributed by atoms with van der Waals surface area (Å²) < 4.78 is 1.96. The van der Waals surface area contributed by atoms with Gasteiger partial charge in [-0.25, -0.2) is 4.98 Å². The maximum Gasteiger partial charge on any atom is 0.163 e. The molecule has 98 valence electrons. The smallest absolute Gasteiger partial charge is 0.163 e. The van der Waals surface area contributed by atoms with Crippen LogP contribution >= 0.6 is 0 Å². The fourth-order valence-electron chi connectivity index (χ4n) is 2.49. The zero-order valence-corrected chi connectivity index (χ0v) is 11.0. The number of Topliss-reactive ketones (excluding diaryl/α,β-unsaturated/α-hetero) is 1. The standard InChI is InChI=1S/C15H17N3O/c1-18-9-8-17-15(18)5-4-14(19)12-2-3-13-11(10-12)6-7-16-13/h2-3,8-10,16H,4-7H2,1H3. The van der Waals surface area contributed by atoms with Crippen LogP contribution in [0.15, 0.2) is 30.6 Å². The van der Waals surface area contributed by atoms with Crippen molar-refractivity contribution in [2.24, 2.45) is 7.05 Å². The number of fused-ring (bicyclic) bond motifs is 1. The van der Waals surface area contributed by atoms with Crippen LogP contribution in [0.1, 0.15) is 28.2 Å². The zero-order valence-electron chi connectivity index (χ0n) is 11.0. The van der Waals surface area contributed by atoms with Gasteiger partial charge in [0.15, 0.2) is 5.78 Å². The molecule has 1 aliphatic rings. The molecule has 0 fully saturated rings. The van der Waals surface area contributed by atoms with Gasteiger partial charge in [0.25, 0.3) is 0 Å². The summed E-state index contributed by atoms with van der Waals surface area (Å²) in [5.41, 5.74) is 3.24. The molecule has 0 aliphatic carbocycles. The first kappa shape index (κ1) is 12.0. The van der Waals surface area contributed by atoms with Crippen molar-refractivity contribution in [2.75, 3.05) is 11.9 Å². The van der Waals surface area contributed by atoms with E-state index in [4.69, 9.17) is 0 Å². The van der Waals surface area contributed by atoms with Crippen molar-refractivity contribution in [3.8, 4) is 0 Å². The third-order valence-electron chi connectivity index (χ3n) is 3.63. The average Bonchev–Trinajstić information content (AvgIpc) is 3.03. The molecule has 1 aliphatic heterocycles. The van der Waals surface area contributed by atoms with Gasteiger partial charge in [0, 0.05) is 50.1 Å². The molecule has 0 saturated carbocycles. The number of hydrogen-bond acceptors (Lipinski definition) is 3. The molecular formula is C15H17N3O. The van der Waals surface area contributed by atoms with E-state index in [2.05, 4.69) is 10.3 Å². The van der Waals surface area contributed by atoms with Gasteiger partial charge in [0.1, 0.15) is 5.82 Å². The quantitative estimate of drug-likeness (QED) is 0.852. The Morgan fingerprint density at radius 2 is 2.37 bits per heavy atom. The molecule has 1 aromatic carbocycles. The Morgan fingerprint density at radius 1 is 1.47 bits per heavy atom. The lowest BCUT2D eigenvalue weighted by Crippen LogP contribution is -2.05. The molecule has 2 heterocycles. The van der Waals surface area contributed by atoms with Crippen molar-refractivity contribution in [3.05, 3.63) is 47.5 Å². The molecular weight excluding hydrogens is 238 g/mol. The molecule has 0 atom stereocenters. The molecule has 0 unspecified atom stereocenters. The maximum absolute atomic E-state index is 12.2. The minimum Gasteiger partial charge on any atom is -0.384 e. The Morgan fingerprint density at radius 3 is 3.16 bits per heavy atom. The molecule has 4 heteroatoms. The molecule has 3 rings (SSSR count). The first-order chi connectivity index (χ1) is 9.24. The van der Waals surface area contributed by atoms with E-state index in [1.165, 1.54) is 11.3 Å². The van der Waals surface area contributed by atoms with Crippen LogP contribution in [0.4, 0.5) is 5.69 Å². The van der Waals surface area contributed by atoms with Gasteiger partial charge < -0.3 is 9.88 Å². The van der Waals surface area contributed by atoms with Gasteiger partial charge in [-0.3, -0.25) is 4.79 Å². The molecule has 0 saturated heterocycles. The number of nitrogens with one attached hydrogen (secondary N) is 1. The number of imidazole rings is 1. The highest BCUT2D eigenvalue weighted by Gasteiger charge is 2.14. The minimum atomic E-state index is 0.192. The number of hydrogen-bond donors (Lipinski definition) is 1. The van der Waals surface area contributed by atoms with Crippen molar-refractivity contribution in [2.45, 2.75) is 19.3 Å². The second-order valence-corrected chi connectivity index (χ2v) is 4.93. The van der Waals surface area contributed by atoms with E-state index >= 15 is 0 Å². The Balaban J connectivity index is 1.69. The zero-order chi connectivity index (χ0) is 13.2. The van der Waals surface area contributed by atoms with Crippen molar-refractivity contribution < 1.29 is 4.79 Å². The third kappa shape index (κ3) is 2.38. The number of aromatic nitrogens is 2. The lowest BCUT2D eigenvalue weighted by molar-refractivity contribution is 0.0982. The predicted octanol–water partition coefficient (Wildman–Crippen LogP) is 2.20. The summed E-state index contributed by atoms with van der Waals surface area (Å²) in [5, 5.41) is 3.30. The van der Waals surface area contributed by atoms with E-state index in [1.54, 1.807) is 6.20 Å². The van der Waals surface area contributed by atoms with Gasteiger partial charge in [-0.15, -0.1) is 0 Å². The van der Waals surface area contributed by atoms with Gasteiger partial charge in [-0.05, 0) is 30.2 Å². The number of aryl methyl sites for hydroxylation is 2. The summed E-state index contributed by atoms with van der Waals surface area (Å²) in [5.74, 6) is 1.15. The van der Waals surface area contributed by atoms with Crippen molar-refractivity contribution >= 4 is 11.5 Å². The first-order valence-electron chi connectivity index (χ1n) is 6.60. The van der Waals surface area contributed by atoms with Crippen molar-refractivity contribution in [1.29, 1.82) is 0 Å². The number of anilines is 1. The average molecular weight is 255 g/mol. The van der Waals surface area contributed by atoms with Gasteiger partial charge in [0.2, 0.25) is 0 Å². The summed E-state index contributed by atoms with van der Waals surface area (Å²) in [6.45, 7) is 0.972. The summed E-state index contributed by atoms with van der Waals surface area (Å²) in [6, 6.07) is 5.95. The van der Waals surface area contributed by atoms with Crippen molar-refractivity contribution in [3.63, 3.8) is 0 Å². The summed E-state index contributed by atoms with van der Waals surface area (Å²) >= 11 is 0. The van der Waals surface area contributed by atoms with E-state index in [-0.39, 0.29) is 5.78 Å². The third-order valence-corrected chi connectivity index (χ3v) is 3.63. The largest absolute Gasteiger partial charge is 0.384 e. The van der Waals surface area contributed by atoms with Crippen LogP contribution in [-0.4, -0.2) is 21.9 Å². The molecule has 2 aromatic rings. The van der Waals surface area contributed by atoms with E-state index in [0.717, 1.165) is 24.4 Å². The maximum atomic E-state index is 12.2. The van der Waals surface area contributed by atoms with Crippen LogP contribution in [0.2, 0.25) is 0 Å². The van der Waals surface area contributed by atoms with Gasteiger partial charge in [0.05, 0.1) is 0 Å². The van der Waals surface area contributed by atoms with Crippen LogP contribution in [0.3, 0.4) is 0 Å². The first-order valence-corrected chi connectivity index (χ1v) is 6.60. The fraction of sp³-hybridized carbons (Fsp3) is 0.333. The second-order valence-electron chi connectivity index (χ2n) is 4.93. The van der Waals surface area contributed by atoms with Crippen LogP contribution in [0.25, 0.3) is 0 Å². The Hall–Kier alpha value is -2.10. The lowest BCUT2D eigenvalue weighted by Gasteiger charge is -2.05. The molecule has 0 spiro atoms. The number of carbonyl (C=O) groups excluding carboxylic acids is 1. The topological polar surface area (TPSA) is 46.9 Å². The number of benzene rings is 1. The molecule has 1 aromatic heterocycles. The highest BCUT2D eigenvalue weighted by molar-refractivity contribution is 5.96. The lowest BCUT2D eigenvalue weighted by atomic mass is 10.0. The van der Waals surface area contributed by atoms with Crippen LogP contribution < -0.4 is 5.32 Å². The van der Waals surface area contributed by atoms with Gasteiger partial charge in [-0.2, -0.15) is 0 Å². The summed E-state index contributed by atoms with van der Waals surface area (Å²) in [4.78, 5) is 16.4. The number of rotatable bonds is 4. The predicted molar refractivity (Wildman–Crippen MR) is 74.5 cm³/mol. The van der Waals surface area contributed by atoms with Crippen molar-refractivity contribution in [1.82, 2.24) is 9.55 Å². The minimum absolute atomic E-state index is 0.192. The second kappa shape index (κ2) is 4.88. The van der Waals surface area contributed by atoms with Crippen LogP contribution in [0, 0.1) is 0 Å². The number of nitrogens with zero attached hydrogens (tertiary/aromatic N) is 2. The normalized spacial score (nSPS) is 13.1. The van der Waals surface area contributed by atoms with E-state index in [1.807, 2.05) is 36.0 Å². The number of carbonyl (C=O) groups is 1. The molecule has 4 nitrogen and oxygen atoms in total. The molecule has 0 amide bonds. The molecule has 1 N–H and O–H groups in total. The van der Waals surface area contributed by atoms with E-state index < -0.39 is 0 Å². The van der Waals surface area contributed by atoms with Gasteiger partial charge in [-0.1, -0.05) is 0 Å². The Labute approximate surface area is 112 Å². The fourth-order valence-corrected chi connectivity index (χ4v) is 2.49. The monoisotopic (exact) mass is 255 g/mol. The number of ketones is 1. The van der Waals surface area contributed by atoms with E-state index in [9.17, 15) is 4.79 Å². The van der Waals surface area contributed by atoms with Crippen LogP contribution in [-0.2, 0) is 19.9 Å². The molecule has 19 heavy (non-hydrogen) atoms. The molecule has 0 bridgehead atoms.